The molecular formula is C26H26Cl2N8O4. The maximum atomic E-state index is 13.9. The normalized spacial score (nSPS) is 17.6. The summed E-state index contributed by atoms with van der Waals surface area (Å²) in [6.45, 7) is 3.95. The summed E-state index contributed by atoms with van der Waals surface area (Å²) in [5.41, 5.74) is 8.98. The van der Waals surface area contributed by atoms with E-state index in [0.717, 1.165) is 16.6 Å². The van der Waals surface area contributed by atoms with E-state index in [1.54, 1.807) is 15.9 Å². The minimum Gasteiger partial charge on any atom is -0.478 e. The van der Waals surface area contributed by atoms with Crippen LogP contribution in [0.15, 0.2) is 18.5 Å². The number of ether oxygens (including phenoxy) is 2. The van der Waals surface area contributed by atoms with Gasteiger partial charge in [0.15, 0.2) is 18.0 Å². The second-order valence-corrected chi connectivity index (χ2v) is 10.5. The van der Waals surface area contributed by atoms with Gasteiger partial charge in [0.1, 0.15) is 11.8 Å². The molecule has 2 amide bonds. The fraction of sp³-hybridized carbons (Fsp3) is 0.423. The third-order valence-corrected chi connectivity index (χ3v) is 8.26. The van der Waals surface area contributed by atoms with Gasteiger partial charge in [-0.2, -0.15) is 5.26 Å². The topological polar surface area (TPSA) is 138 Å². The van der Waals surface area contributed by atoms with Crippen molar-refractivity contribution in [3.05, 3.63) is 51.2 Å². The summed E-state index contributed by atoms with van der Waals surface area (Å²) in [4.78, 5) is 39.0. The van der Waals surface area contributed by atoms with Crippen molar-refractivity contribution in [1.82, 2.24) is 35.2 Å². The number of hydrazine groups is 1. The maximum absolute atomic E-state index is 13.9. The number of benzene rings is 1. The molecule has 208 valence electrons. The van der Waals surface area contributed by atoms with E-state index < -0.39 is 0 Å². The zero-order valence-corrected chi connectivity index (χ0v) is 23.0. The Balaban J connectivity index is 1.41. The Hall–Kier alpha value is -3.47. The minimum atomic E-state index is -0.375. The van der Waals surface area contributed by atoms with E-state index in [-0.39, 0.29) is 42.3 Å². The first kappa shape index (κ1) is 26.7. The Kier molecular flexibility index (Phi) is 7.48. The van der Waals surface area contributed by atoms with Crippen molar-refractivity contribution in [1.29, 1.82) is 5.26 Å². The summed E-state index contributed by atoms with van der Waals surface area (Å²) >= 11 is 13.3. The number of rotatable bonds is 5. The lowest BCUT2D eigenvalue weighted by Gasteiger charge is -2.31. The number of nitriles is 1. The summed E-state index contributed by atoms with van der Waals surface area (Å²) in [5, 5.41) is 10.7. The maximum Gasteiger partial charge on any atom is 0.275 e. The Morgan fingerprint density at radius 3 is 2.40 bits per heavy atom. The average molecular weight is 585 g/mol. The van der Waals surface area contributed by atoms with Crippen molar-refractivity contribution in [2.24, 2.45) is 0 Å². The van der Waals surface area contributed by atoms with Crippen molar-refractivity contribution in [3.8, 4) is 11.8 Å². The van der Waals surface area contributed by atoms with Crippen molar-refractivity contribution in [2.75, 3.05) is 52.5 Å². The molecule has 0 spiro atoms. The van der Waals surface area contributed by atoms with Crippen LogP contribution in [0.2, 0.25) is 10.0 Å². The van der Waals surface area contributed by atoms with E-state index in [0.29, 0.717) is 73.8 Å². The van der Waals surface area contributed by atoms with Crippen LogP contribution in [0, 0.1) is 11.3 Å². The SMILES string of the molecule is N#CCOc1cc(Cl)c(Cl)c2c1c(C1CNNC1)c1n2CCN(C(=O)c2nccnc2C(=O)N2CCOCC2)C1. The Bertz CT molecular complexity index is 1530. The third kappa shape index (κ3) is 4.63. The van der Waals surface area contributed by atoms with Crippen LogP contribution >= 0.6 is 23.2 Å². The molecule has 0 aliphatic carbocycles. The van der Waals surface area contributed by atoms with E-state index in [4.69, 9.17) is 37.9 Å². The summed E-state index contributed by atoms with van der Waals surface area (Å²) in [7, 11) is 0. The van der Waals surface area contributed by atoms with Crippen LogP contribution in [-0.4, -0.2) is 88.7 Å². The molecule has 0 unspecified atom stereocenters. The van der Waals surface area contributed by atoms with Gasteiger partial charge in [0, 0.05) is 74.7 Å². The highest BCUT2D eigenvalue weighted by Gasteiger charge is 2.36. The second-order valence-electron chi connectivity index (χ2n) is 9.70. The van der Waals surface area contributed by atoms with E-state index in [2.05, 4.69) is 25.4 Å². The average Bonchev–Trinajstić information content (AvgIpc) is 3.64. The van der Waals surface area contributed by atoms with Crippen molar-refractivity contribution in [2.45, 2.75) is 19.0 Å². The van der Waals surface area contributed by atoms with E-state index in [1.807, 2.05) is 6.07 Å². The predicted octanol–water partition coefficient (Wildman–Crippen LogP) is 1.96. The number of hydrogen-bond donors (Lipinski definition) is 2. The smallest absolute Gasteiger partial charge is 0.275 e. The number of nitrogens with zero attached hydrogens (tertiary/aromatic N) is 6. The third-order valence-electron chi connectivity index (χ3n) is 7.48. The zero-order chi connectivity index (χ0) is 27.8. The van der Waals surface area contributed by atoms with Crippen LogP contribution in [-0.2, 0) is 17.8 Å². The fourth-order valence-electron chi connectivity index (χ4n) is 5.65. The Morgan fingerprint density at radius 2 is 1.73 bits per heavy atom. The number of morpholine rings is 1. The molecule has 5 heterocycles. The van der Waals surface area contributed by atoms with Crippen molar-refractivity contribution >= 4 is 45.9 Å². The summed E-state index contributed by atoms with van der Waals surface area (Å²) in [6, 6.07) is 3.65. The lowest BCUT2D eigenvalue weighted by atomic mass is 9.95. The lowest BCUT2D eigenvalue weighted by molar-refractivity contribution is 0.0296. The number of carbonyl (C=O) groups excluding carboxylic acids is 2. The van der Waals surface area contributed by atoms with Crippen molar-refractivity contribution in [3.63, 3.8) is 0 Å². The molecule has 40 heavy (non-hydrogen) atoms. The molecular weight excluding hydrogens is 559 g/mol. The van der Waals surface area contributed by atoms with Gasteiger partial charge in [-0.3, -0.25) is 20.4 Å². The molecule has 2 saturated heterocycles. The van der Waals surface area contributed by atoms with E-state index >= 15 is 0 Å². The van der Waals surface area contributed by atoms with E-state index in [1.165, 1.54) is 12.4 Å². The van der Waals surface area contributed by atoms with Crippen LogP contribution < -0.4 is 15.6 Å². The lowest BCUT2D eigenvalue weighted by Crippen LogP contribution is -2.43. The highest BCUT2D eigenvalue weighted by atomic mass is 35.5. The van der Waals surface area contributed by atoms with E-state index in [9.17, 15) is 9.59 Å². The molecule has 0 saturated carbocycles. The highest BCUT2D eigenvalue weighted by Crippen LogP contribution is 2.46. The molecule has 0 radical (unpaired) electrons. The standard InChI is InChI=1S/C26H26Cl2N8O4/c27-16-11-18(40-8-1-29)20-19(15-12-32-33-13-15)17-14-35(4-5-36(17)24(20)21(16)28)26(38)23-22(30-2-3-31-23)25(37)34-6-9-39-10-7-34/h2-3,11,15,32-33H,4-10,12-14H2. The number of aromatic nitrogens is 3. The second kappa shape index (κ2) is 11.2. The van der Waals surface area contributed by atoms with Gasteiger partial charge in [-0.25, -0.2) is 9.97 Å². The Labute approximate surface area is 239 Å². The molecule has 6 rings (SSSR count). The van der Waals surface area contributed by atoms with Crippen molar-refractivity contribution < 1.29 is 19.1 Å². The molecule has 14 heteroatoms. The van der Waals surface area contributed by atoms with Gasteiger partial charge in [0.05, 0.1) is 35.3 Å². The van der Waals surface area contributed by atoms with Gasteiger partial charge in [-0.05, 0) is 5.56 Å². The van der Waals surface area contributed by atoms with Crippen LogP contribution in [0.25, 0.3) is 10.9 Å². The Morgan fingerprint density at radius 1 is 1.05 bits per heavy atom. The van der Waals surface area contributed by atoms with Gasteiger partial charge >= 0.3 is 0 Å². The first-order valence-electron chi connectivity index (χ1n) is 12.9. The number of amides is 2. The van der Waals surface area contributed by atoms with Crippen LogP contribution in [0.5, 0.6) is 5.75 Å². The summed E-state index contributed by atoms with van der Waals surface area (Å²) < 4.78 is 13.3. The number of carbonyl (C=O) groups is 2. The highest BCUT2D eigenvalue weighted by molar-refractivity contribution is 6.45. The molecule has 1 aromatic carbocycles. The number of nitrogens with one attached hydrogen (secondary N) is 2. The minimum absolute atomic E-state index is 0.0217. The van der Waals surface area contributed by atoms with Crippen LogP contribution in [0.4, 0.5) is 0 Å². The molecule has 2 fully saturated rings. The van der Waals surface area contributed by atoms with Gasteiger partial charge in [0.2, 0.25) is 0 Å². The zero-order valence-electron chi connectivity index (χ0n) is 21.5. The molecule has 2 aromatic heterocycles. The molecule has 3 aliphatic rings. The van der Waals surface area contributed by atoms with Gasteiger partial charge in [-0.1, -0.05) is 23.2 Å². The van der Waals surface area contributed by atoms with Crippen LogP contribution in [0.1, 0.15) is 38.2 Å². The first-order chi connectivity index (χ1) is 19.5. The summed E-state index contributed by atoms with van der Waals surface area (Å²) in [5.74, 6) is -0.194. The fourth-order valence-corrected chi connectivity index (χ4v) is 6.09. The number of hydrogen-bond acceptors (Lipinski definition) is 9. The molecule has 3 aliphatic heterocycles. The largest absolute Gasteiger partial charge is 0.478 e. The summed E-state index contributed by atoms with van der Waals surface area (Å²) in [6.07, 6.45) is 2.84. The monoisotopic (exact) mass is 584 g/mol. The quantitative estimate of drug-likeness (QED) is 0.460. The van der Waals surface area contributed by atoms with Gasteiger partial charge < -0.3 is 23.8 Å². The molecule has 0 atom stereocenters. The first-order valence-corrected chi connectivity index (χ1v) is 13.7. The molecule has 2 N–H and O–H groups in total. The molecule has 0 bridgehead atoms. The number of halogens is 2. The van der Waals surface area contributed by atoms with Crippen LogP contribution in [0.3, 0.4) is 0 Å². The van der Waals surface area contributed by atoms with Gasteiger partial charge in [-0.15, -0.1) is 0 Å². The predicted molar refractivity (Wildman–Crippen MR) is 145 cm³/mol. The molecule has 12 nitrogen and oxygen atoms in total. The molecule has 3 aromatic rings. The number of fused-ring (bicyclic) bond motifs is 3. The van der Waals surface area contributed by atoms with Gasteiger partial charge in [0.25, 0.3) is 11.8 Å².